The van der Waals surface area contributed by atoms with Gasteiger partial charge in [0, 0.05) is 26.2 Å². The van der Waals surface area contributed by atoms with Crippen LogP contribution in [0.25, 0.3) is 10.2 Å². The highest BCUT2D eigenvalue weighted by Gasteiger charge is 2.24. The minimum absolute atomic E-state index is 0.00375. The molecule has 3 rings (SSSR count). The van der Waals surface area contributed by atoms with Crippen LogP contribution in [0.15, 0.2) is 4.79 Å². The Labute approximate surface area is 119 Å². The summed E-state index contributed by atoms with van der Waals surface area (Å²) in [5.41, 5.74) is 0.572. The number of nitrogens with one attached hydrogen (secondary N) is 2. The molecule has 0 radical (unpaired) electrons. The smallest absolute Gasteiger partial charge is 0.264 e. The Hall–Kier alpha value is -1.73. The van der Waals surface area contributed by atoms with Crippen LogP contribution < -0.4 is 10.9 Å². The fraction of sp³-hybridized carbons (Fsp3) is 0.462. The van der Waals surface area contributed by atoms with Gasteiger partial charge in [0.15, 0.2) is 0 Å². The molecule has 2 N–H and O–H groups in total. The number of hydrogen-bond acceptors (Lipinski definition) is 5. The summed E-state index contributed by atoms with van der Waals surface area (Å²) in [4.78, 5) is 34.7. The Morgan fingerprint density at radius 2 is 2.00 bits per heavy atom. The van der Waals surface area contributed by atoms with Crippen molar-refractivity contribution in [1.82, 2.24) is 20.2 Å². The zero-order valence-electron chi connectivity index (χ0n) is 11.4. The quantitative estimate of drug-likeness (QED) is 0.809. The van der Waals surface area contributed by atoms with Gasteiger partial charge in [0.2, 0.25) is 0 Å². The molecule has 0 atom stereocenters. The van der Waals surface area contributed by atoms with E-state index in [9.17, 15) is 9.59 Å². The SMILES string of the molecule is Cc1nc2sc(C(=O)N3CCNCC3)c(C)c2c(=O)[nH]1. The molecule has 3 heterocycles. The molecule has 0 bridgehead atoms. The molecule has 0 saturated carbocycles. The first-order valence-corrected chi connectivity index (χ1v) is 7.39. The Balaban J connectivity index is 2.08. The van der Waals surface area contributed by atoms with E-state index in [0.29, 0.717) is 34.0 Å². The molecule has 7 heteroatoms. The first kappa shape index (κ1) is 13.3. The molecule has 1 fully saturated rings. The van der Waals surface area contributed by atoms with Crippen molar-refractivity contribution in [2.45, 2.75) is 13.8 Å². The lowest BCUT2D eigenvalue weighted by Gasteiger charge is -2.27. The van der Waals surface area contributed by atoms with E-state index in [-0.39, 0.29) is 11.5 Å². The first-order chi connectivity index (χ1) is 9.58. The minimum atomic E-state index is -0.166. The van der Waals surface area contributed by atoms with Gasteiger partial charge in [-0.05, 0) is 19.4 Å². The molecule has 2 aromatic rings. The summed E-state index contributed by atoms with van der Waals surface area (Å²) in [6.07, 6.45) is 0. The van der Waals surface area contributed by atoms with Crippen LogP contribution in [0.4, 0.5) is 0 Å². The molecule has 0 spiro atoms. The Morgan fingerprint density at radius 3 is 2.70 bits per heavy atom. The van der Waals surface area contributed by atoms with Crippen molar-refractivity contribution in [1.29, 1.82) is 0 Å². The highest BCUT2D eigenvalue weighted by Crippen LogP contribution is 2.28. The van der Waals surface area contributed by atoms with Crippen LogP contribution in [0.1, 0.15) is 21.1 Å². The van der Waals surface area contributed by atoms with Crippen molar-refractivity contribution in [3.8, 4) is 0 Å². The number of aromatic amines is 1. The lowest BCUT2D eigenvalue weighted by Crippen LogP contribution is -2.46. The number of hydrogen-bond donors (Lipinski definition) is 2. The molecule has 0 unspecified atom stereocenters. The number of fused-ring (bicyclic) bond motifs is 1. The van der Waals surface area contributed by atoms with E-state index < -0.39 is 0 Å². The van der Waals surface area contributed by atoms with E-state index in [1.54, 1.807) is 6.92 Å². The molecule has 1 aliphatic heterocycles. The molecule has 1 amide bonds. The summed E-state index contributed by atoms with van der Waals surface area (Å²) < 4.78 is 0. The monoisotopic (exact) mass is 292 g/mol. The molecule has 2 aromatic heterocycles. The lowest BCUT2D eigenvalue weighted by atomic mass is 10.2. The van der Waals surface area contributed by atoms with Crippen molar-refractivity contribution >= 4 is 27.5 Å². The number of thiophene rings is 1. The molecule has 6 nitrogen and oxygen atoms in total. The van der Waals surface area contributed by atoms with Crippen molar-refractivity contribution in [2.75, 3.05) is 26.2 Å². The second-order valence-corrected chi connectivity index (χ2v) is 5.93. The Bertz CT molecular complexity index is 728. The van der Waals surface area contributed by atoms with Crippen LogP contribution in [0.3, 0.4) is 0 Å². The first-order valence-electron chi connectivity index (χ1n) is 6.58. The van der Waals surface area contributed by atoms with E-state index in [1.807, 2.05) is 11.8 Å². The van der Waals surface area contributed by atoms with Gasteiger partial charge in [-0.1, -0.05) is 0 Å². The van der Waals surface area contributed by atoms with E-state index in [1.165, 1.54) is 11.3 Å². The van der Waals surface area contributed by atoms with Gasteiger partial charge in [-0.3, -0.25) is 9.59 Å². The fourth-order valence-corrected chi connectivity index (χ4v) is 3.66. The second-order valence-electron chi connectivity index (χ2n) is 4.93. The maximum Gasteiger partial charge on any atom is 0.264 e. The van der Waals surface area contributed by atoms with Gasteiger partial charge >= 0.3 is 0 Å². The van der Waals surface area contributed by atoms with Crippen molar-refractivity contribution in [3.63, 3.8) is 0 Å². The number of aromatic nitrogens is 2. The van der Waals surface area contributed by atoms with Gasteiger partial charge in [0.1, 0.15) is 10.7 Å². The molecule has 0 aromatic carbocycles. The molecule has 1 saturated heterocycles. The Morgan fingerprint density at radius 1 is 1.30 bits per heavy atom. The summed E-state index contributed by atoms with van der Waals surface area (Å²) in [5.74, 6) is 0.578. The van der Waals surface area contributed by atoms with Crippen LogP contribution in [0.2, 0.25) is 0 Å². The van der Waals surface area contributed by atoms with Gasteiger partial charge in [-0.2, -0.15) is 0 Å². The molecular formula is C13H16N4O2S. The van der Waals surface area contributed by atoms with Crippen LogP contribution in [0, 0.1) is 13.8 Å². The number of nitrogens with zero attached hydrogens (tertiary/aromatic N) is 2. The summed E-state index contributed by atoms with van der Waals surface area (Å²) in [7, 11) is 0. The number of rotatable bonds is 1. The minimum Gasteiger partial charge on any atom is -0.335 e. The Kier molecular flexibility index (Phi) is 3.31. The van der Waals surface area contributed by atoms with Crippen LogP contribution in [-0.4, -0.2) is 47.0 Å². The number of amides is 1. The molecule has 20 heavy (non-hydrogen) atoms. The third kappa shape index (κ3) is 2.12. The van der Waals surface area contributed by atoms with E-state index in [0.717, 1.165) is 18.7 Å². The maximum absolute atomic E-state index is 12.6. The fourth-order valence-electron chi connectivity index (χ4n) is 2.47. The van der Waals surface area contributed by atoms with Crippen LogP contribution in [-0.2, 0) is 0 Å². The summed E-state index contributed by atoms with van der Waals surface area (Å²) in [5, 5.41) is 3.76. The van der Waals surface area contributed by atoms with Gasteiger partial charge in [0.05, 0.1) is 10.3 Å². The maximum atomic E-state index is 12.6. The van der Waals surface area contributed by atoms with Crippen molar-refractivity contribution in [3.05, 3.63) is 26.6 Å². The number of piperazine rings is 1. The van der Waals surface area contributed by atoms with Crippen molar-refractivity contribution in [2.24, 2.45) is 0 Å². The number of carbonyl (C=O) groups is 1. The average molecular weight is 292 g/mol. The lowest BCUT2D eigenvalue weighted by molar-refractivity contribution is 0.0740. The number of carbonyl (C=O) groups excluding carboxylic acids is 1. The normalized spacial score (nSPS) is 15.8. The average Bonchev–Trinajstić information content (AvgIpc) is 2.76. The van der Waals surface area contributed by atoms with Gasteiger partial charge in [0.25, 0.3) is 11.5 Å². The number of aryl methyl sites for hydroxylation is 2. The molecular weight excluding hydrogens is 276 g/mol. The predicted molar refractivity (Wildman–Crippen MR) is 78.5 cm³/mol. The highest BCUT2D eigenvalue weighted by molar-refractivity contribution is 7.20. The van der Waals surface area contributed by atoms with E-state index in [4.69, 9.17) is 0 Å². The summed E-state index contributed by atoms with van der Waals surface area (Å²) in [6.45, 7) is 6.60. The van der Waals surface area contributed by atoms with Gasteiger partial charge in [-0.15, -0.1) is 11.3 Å². The standard InChI is InChI=1S/C13H16N4O2S/c1-7-9-11(18)15-8(2)16-12(9)20-10(7)13(19)17-5-3-14-4-6-17/h14H,3-6H2,1-2H3,(H,15,16,18). The largest absolute Gasteiger partial charge is 0.335 e. The second kappa shape index (κ2) is 4.99. The number of H-pyrrole nitrogens is 1. The van der Waals surface area contributed by atoms with Gasteiger partial charge < -0.3 is 15.2 Å². The molecule has 106 valence electrons. The van der Waals surface area contributed by atoms with Crippen LogP contribution >= 0.6 is 11.3 Å². The third-order valence-electron chi connectivity index (χ3n) is 3.52. The van der Waals surface area contributed by atoms with E-state index >= 15 is 0 Å². The molecule has 1 aliphatic rings. The predicted octanol–water partition coefficient (Wildman–Crippen LogP) is 0.647. The molecule has 0 aliphatic carbocycles. The van der Waals surface area contributed by atoms with Crippen LogP contribution in [0.5, 0.6) is 0 Å². The summed E-state index contributed by atoms with van der Waals surface area (Å²) >= 11 is 1.31. The van der Waals surface area contributed by atoms with E-state index in [2.05, 4.69) is 15.3 Å². The van der Waals surface area contributed by atoms with Gasteiger partial charge in [-0.25, -0.2) is 4.98 Å². The summed E-state index contributed by atoms with van der Waals surface area (Å²) in [6, 6.07) is 0. The third-order valence-corrected chi connectivity index (χ3v) is 4.69. The zero-order valence-corrected chi connectivity index (χ0v) is 12.3. The zero-order chi connectivity index (χ0) is 14.3. The highest BCUT2D eigenvalue weighted by atomic mass is 32.1. The van der Waals surface area contributed by atoms with Crippen molar-refractivity contribution < 1.29 is 4.79 Å². The topological polar surface area (TPSA) is 78.1 Å².